The third kappa shape index (κ3) is 2.50. The molecule has 3 rings (SSSR count). The molecule has 1 aliphatic rings. The fourth-order valence-electron chi connectivity index (χ4n) is 1.54. The Morgan fingerprint density at radius 2 is 2.24 bits per heavy atom. The summed E-state index contributed by atoms with van der Waals surface area (Å²) in [6.45, 7) is 2.78. The molecule has 2 aromatic heterocycles. The number of hydrogen-bond acceptors (Lipinski definition) is 7. The Balaban J connectivity index is 1.63. The van der Waals surface area contributed by atoms with Crippen molar-refractivity contribution in [1.82, 2.24) is 25.1 Å². The van der Waals surface area contributed by atoms with Gasteiger partial charge in [0.05, 0.1) is 5.69 Å². The molecule has 1 saturated carbocycles. The molecule has 1 aliphatic carbocycles. The Hall–Kier alpha value is -1.34. The molecule has 2 heterocycles. The predicted octanol–water partition coefficient (Wildman–Crippen LogP) is 1.19. The van der Waals surface area contributed by atoms with Gasteiger partial charge < -0.3 is 9.73 Å². The van der Waals surface area contributed by atoms with E-state index in [2.05, 4.69) is 25.1 Å². The van der Waals surface area contributed by atoms with Crippen LogP contribution in [0.3, 0.4) is 0 Å². The van der Waals surface area contributed by atoms with Crippen LogP contribution < -0.4 is 5.32 Å². The van der Waals surface area contributed by atoms with Crippen LogP contribution in [0.2, 0.25) is 0 Å². The summed E-state index contributed by atoms with van der Waals surface area (Å²) in [6, 6.07) is 0.713. The maximum absolute atomic E-state index is 5.58. The van der Waals surface area contributed by atoms with Crippen LogP contribution in [0, 0.1) is 6.92 Å². The van der Waals surface area contributed by atoms with Crippen molar-refractivity contribution >= 4 is 11.5 Å². The molecular weight excluding hydrogens is 238 g/mol. The zero-order valence-corrected chi connectivity index (χ0v) is 10.3. The van der Waals surface area contributed by atoms with Gasteiger partial charge in [0.2, 0.25) is 5.89 Å². The summed E-state index contributed by atoms with van der Waals surface area (Å²) in [5.41, 5.74) is 0.835. The molecule has 17 heavy (non-hydrogen) atoms. The largest absolute Gasteiger partial charge is 0.420 e. The number of aryl methyl sites for hydroxylation is 1. The molecule has 1 fully saturated rings. The minimum Gasteiger partial charge on any atom is -0.420 e. The number of nitrogens with zero attached hydrogens (tertiary/aromatic N) is 4. The van der Waals surface area contributed by atoms with Gasteiger partial charge in [0.15, 0.2) is 0 Å². The standard InChI is InChI=1S/C10H13N5OS/c1-6-9(17-15-12-6)10-14-13-8(16-10)4-5-11-7-2-3-7/h7,11H,2-5H2,1H3. The maximum atomic E-state index is 5.58. The summed E-state index contributed by atoms with van der Waals surface area (Å²) in [5.74, 6) is 1.19. The minimum atomic E-state index is 0.527. The van der Waals surface area contributed by atoms with Crippen LogP contribution in [0.1, 0.15) is 24.4 Å². The summed E-state index contributed by atoms with van der Waals surface area (Å²) in [4.78, 5) is 0.860. The molecule has 0 bridgehead atoms. The second kappa shape index (κ2) is 4.50. The van der Waals surface area contributed by atoms with Crippen molar-refractivity contribution < 1.29 is 4.42 Å². The van der Waals surface area contributed by atoms with E-state index in [1.807, 2.05) is 6.92 Å². The number of aromatic nitrogens is 4. The van der Waals surface area contributed by atoms with E-state index in [4.69, 9.17) is 4.42 Å². The van der Waals surface area contributed by atoms with Gasteiger partial charge in [-0.1, -0.05) is 4.49 Å². The van der Waals surface area contributed by atoms with E-state index >= 15 is 0 Å². The number of hydrogen-bond donors (Lipinski definition) is 1. The van der Waals surface area contributed by atoms with Crippen molar-refractivity contribution in [1.29, 1.82) is 0 Å². The molecule has 6 nitrogen and oxygen atoms in total. The molecule has 2 aromatic rings. The minimum absolute atomic E-state index is 0.527. The molecule has 0 radical (unpaired) electrons. The first kappa shape index (κ1) is 10.8. The number of nitrogens with one attached hydrogen (secondary N) is 1. The molecule has 0 spiro atoms. The Kier molecular flexibility index (Phi) is 2.86. The highest BCUT2D eigenvalue weighted by molar-refractivity contribution is 7.09. The second-order valence-corrected chi connectivity index (χ2v) is 4.92. The van der Waals surface area contributed by atoms with Crippen LogP contribution in [0.25, 0.3) is 10.8 Å². The van der Waals surface area contributed by atoms with E-state index in [1.165, 1.54) is 24.4 Å². The Morgan fingerprint density at radius 1 is 1.35 bits per heavy atom. The van der Waals surface area contributed by atoms with E-state index in [1.54, 1.807) is 0 Å². The van der Waals surface area contributed by atoms with Crippen LogP contribution >= 0.6 is 11.5 Å². The third-order valence-corrected chi connectivity index (χ3v) is 3.48. The van der Waals surface area contributed by atoms with Crippen LogP contribution in [0.15, 0.2) is 4.42 Å². The highest BCUT2D eigenvalue weighted by Crippen LogP contribution is 2.24. The lowest BCUT2D eigenvalue weighted by Gasteiger charge is -1.97. The van der Waals surface area contributed by atoms with Crippen molar-refractivity contribution in [2.45, 2.75) is 32.2 Å². The molecule has 0 aliphatic heterocycles. The topological polar surface area (TPSA) is 76.7 Å². The lowest BCUT2D eigenvalue weighted by Crippen LogP contribution is -2.19. The van der Waals surface area contributed by atoms with Gasteiger partial charge in [-0.3, -0.25) is 0 Å². The van der Waals surface area contributed by atoms with Crippen molar-refractivity contribution in [2.24, 2.45) is 0 Å². The van der Waals surface area contributed by atoms with E-state index in [0.717, 1.165) is 23.5 Å². The summed E-state index contributed by atoms with van der Waals surface area (Å²) < 4.78 is 9.43. The molecule has 90 valence electrons. The molecule has 0 amide bonds. The van der Waals surface area contributed by atoms with Crippen molar-refractivity contribution in [3.05, 3.63) is 11.6 Å². The van der Waals surface area contributed by atoms with E-state index in [9.17, 15) is 0 Å². The SMILES string of the molecule is Cc1nnsc1-c1nnc(CCNC2CC2)o1. The average molecular weight is 251 g/mol. The van der Waals surface area contributed by atoms with E-state index < -0.39 is 0 Å². The quantitative estimate of drug-likeness (QED) is 0.860. The summed E-state index contributed by atoms with van der Waals surface area (Å²) in [6.07, 6.45) is 3.36. The zero-order valence-electron chi connectivity index (χ0n) is 9.51. The number of rotatable bonds is 5. The lowest BCUT2D eigenvalue weighted by atomic mass is 10.4. The van der Waals surface area contributed by atoms with Crippen LogP contribution in [-0.2, 0) is 6.42 Å². The van der Waals surface area contributed by atoms with Gasteiger partial charge in [0, 0.05) is 19.0 Å². The van der Waals surface area contributed by atoms with Gasteiger partial charge >= 0.3 is 0 Å². The molecule has 0 aromatic carbocycles. The Morgan fingerprint density at radius 3 is 2.94 bits per heavy atom. The highest BCUT2D eigenvalue weighted by Gasteiger charge is 2.20. The summed E-state index contributed by atoms with van der Waals surface area (Å²) in [7, 11) is 0. The first-order valence-corrected chi connectivity index (χ1v) is 6.45. The molecule has 0 saturated heterocycles. The smallest absolute Gasteiger partial charge is 0.261 e. The van der Waals surface area contributed by atoms with Crippen LogP contribution in [-0.4, -0.2) is 32.4 Å². The van der Waals surface area contributed by atoms with E-state index in [0.29, 0.717) is 17.8 Å². The fraction of sp³-hybridized carbons (Fsp3) is 0.600. The lowest BCUT2D eigenvalue weighted by molar-refractivity contribution is 0.494. The van der Waals surface area contributed by atoms with Gasteiger partial charge in [-0.2, -0.15) is 0 Å². The van der Waals surface area contributed by atoms with Gasteiger partial charge in [-0.25, -0.2) is 0 Å². The van der Waals surface area contributed by atoms with Crippen molar-refractivity contribution in [3.8, 4) is 10.8 Å². The monoisotopic (exact) mass is 251 g/mol. The normalized spacial score (nSPS) is 15.4. The first-order chi connectivity index (χ1) is 8.33. The second-order valence-electron chi connectivity index (χ2n) is 4.17. The van der Waals surface area contributed by atoms with Crippen molar-refractivity contribution in [3.63, 3.8) is 0 Å². The Labute approximate surface area is 103 Å². The summed E-state index contributed by atoms with van der Waals surface area (Å²) >= 11 is 1.28. The fourth-order valence-corrected chi connectivity index (χ4v) is 2.12. The third-order valence-electron chi connectivity index (χ3n) is 2.66. The first-order valence-electron chi connectivity index (χ1n) is 5.68. The van der Waals surface area contributed by atoms with E-state index in [-0.39, 0.29) is 0 Å². The van der Waals surface area contributed by atoms with Gasteiger partial charge in [-0.05, 0) is 31.3 Å². The van der Waals surface area contributed by atoms with Gasteiger partial charge in [-0.15, -0.1) is 15.3 Å². The maximum Gasteiger partial charge on any atom is 0.261 e. The Bertz CT molecular complexity index is 504. The van der Waals surface area contributed by atoms with Gasteiger partial charge in [0.1, 0.15) is 4.88 Å². The highest BCUT2D eigenvalue weighted by atomic mass is 32.1. The van der Waals surface area contributed by atoms with Crippen molar-refractivity contribution in [2.75, 3.05) is 6.54 Å². The predicted molar refractivity (Wildman–Crippen MR) is 62.7 cm³/mol. The molecule has 7 heteroatoms. The van der Waals surface area contributed by atoms with Gasteiger partial charge in [0.25, 0.3) is 5.89 Å². The molecule has 0 atom stereocenters. The zero-order chi connectivity index (χ0) is 11.7. The van der Waals surface area contributed by atoms with Crippen LogP contribution in [0.4, 0.5) is 0 Å². The molecular formula is C10H13N5OS. The average Bonchev–Trinajstić information content (AvgIpc) is 2.85. The summed E-state index contributed by atoms with van der Waals surface area (Å²) in [5, 5.41) is 15.4. The molecule has 0 unspecified atom stereocenters. The molecule has 1 N–H and O–H groups in total. The van der Waals surface area contributed by atoms with Crippen LogP contribution in [0.5, 0.6) is 0 Å².